The number of oxazole rings is 1. The normalized spacial score (nSPS) is 18.2. The average Bonchev–Trinajstić information content (AvgIpc) is 3.09. The monoisotopic (exact) mass is 360 g/mol. The summed E-state index contributed by atoms with van der Waals surface area (Å²) in [6, 6.07) is 6.46. The molecular weight excluding hydrogens is 335 g/mol. The molecule has 26 heavy (non-hydrogen) atoms. The number of benzene rings is 1. The quantitative estimate of drug-likeness (QED) is 0.818. The van der Waals surface area contributed by atoms with Crippen molar-refractivity contribution >= 4 is 5.91 Å². The number of hydrogen-bond donors (Lipinski definition) is 0. The minimum Gasteiger partial charge on any atom is -0.445 e. The van der Waals surface area contributed by atoms with Crippen LogP contribution in [0.3, 0.4) is 0 Å². The van der Waals surface area contributed by atoms with Gasteiger partial charge in [-0.25, -0.2) is 9.37 Å². The van der Waals surface area contributed by atoms with Crippen LogP contribution < -0.4 is 0 Å². The van der Waals surface area contributed by atoms with Gasteiger partial charge in [0.1, 0.15) is 17.2 Å². The fourth-order valence-corrected chi connectivity index (χ4v) is 3.27. The van der Waals surface area contributed by atoms with Crippen molar-refractivity contribution in [3.63, 3.8) is 0 Å². The number of methoxy groups -OCH3 is 1. The van der Waals surface area contributed by atoms with E-state index in [0.29, 0.717) is 24.6 Å². The lowest BCUT2D eigenvalue weighted by atomic mass is 9.96. The molecule has 2 heterocycles. The molecule has 1 aliphatic rings. The maximum absolute atomic E-state index is 13.3. The molecule has 6 heteroatoms. The Morgan fingerprint density at radius 2 is 2.27 bits per heavy atom. The molecular formula is C20H25FN2O3. The zero-order valence-corrected chi connectivity index (χ0v) is 15.5. The van der Waals surface area contributed by atoms with E-state index in [0.717, 1.165) is 24.9 Å². The Bertz CT molecular complexity index is 772. The van der Waals surface area contributed by atoms with Crippen molar-refractivity contribution in [1.82, 2.24) is 9.88 Å². The fourth-order valence-electron chi connectivity index (χ4n) is 3.27. The number of amides is 1. The van der Waals surface area contributed by atoms with Crippen LogP contribution in [-0.4, -0.2) is 41.6 Å². The molecule has 0 aliphatic carbocycles. The summed E-state index contributed by atoms with van der Waals surface area (Å²) in [5.41, 5.74) is 0.0103. The summed E-state index contributed by atoms with van der Waals surface area (Å²) < 4.78 is 24.5. The van der Waals surface area contributed by atoms with E-state index in [1.165, 1.54) is 12.1 Å². The number of carbonyl (C=O) groups excluding carboxylic acids is 1. The lowest BCUT2D eigenvalue weighted by Crippen LogP contribution is -2.49. The van der Waals surface area contributed by atoms with Crippen LogP contribution in [0.25, 0.3) is 0 Å². The van der Waals surface area contributed by atoms with Crippen LogP contribution in [0.5, 0.6) is 0 Å². The molecule has 1 saturated heterocycles. The highest BCUT2D eigenvalue weighted by atomic mass is 19.1. The van der Waals surface area contributed by atoms with Gasteiger partial charge in [-0.2, -0.15) is 0 Å². The van der Waals surface area contributed by atoms with E-state index in [1.807, 2.05) is 11.0 Å². The number of likely N-dealkylation sites (tertiary alicyclic amines) is 1. The van der Waals surface area contributed by atoms with Gasteiger partial charge < -0.3 is 14.1 Å². The Labute approximate surface area is 153 Å². The van der Waals surface area contributed by atoms with E-state index in [-0.39, 0.29) is 17.6 Å². The summed E-state index contributed by atoms with van der Waals surface area (Å²) in [5.74, 6) is 1.14. The minimum atomic E-state index is -0.832. The second-order valence-electron chi connectivity index (χ2n) is 7.28. The van der Waals surface area contributed by atoms with Gasteiger partial charge in [-0.15, -0.1) is 0 Å². The van der Waals surface area contributed by atoms with Gasteiger partial charge in [0.05, 0.1) is 12.1 Å². The molecule has 0 unspecified atom stereocenters. The highest BCUT2D eigenvalue weighted by Gasteiger charge is 2.35. The topological polar surface area (TPSA) is 55.6 Å². The van der Waals surface area contributed by atoms with Crippen LogP contribution in [0.15, 0.2) is 34.9 Å². The molecule has 140 valence electrons. The van der Waals surface area contributed by atoms with Gasteiger partial charge in [0, 0.05) is 26.6 Å². The van der Waals surface area contributed by atoms with Gasteiger partial charge in [0.25, 0.3) is 5.91 Å². The molecule has 0 bridgehead atoms. The number of halogens is 1. The van der Waals surface area contributed by atoms with Crippen molar-refractivity contribution in [3.05, 3.63) is 53.5 Å². The van der Waals surface area contributed by atoms with Crippen molar-refractivity contribution < 1.29 is 18.3 Å². The van der Waals surface area contributed by atoms with Gasteiger partial charge >= 0.3 is 0 Å². The summed E-state index contributed by atoms with van der Waals surface area (Å²) in [6.45, 7) is 4.85. The second-order valence-corrected chi connectivity index (χ2v) is 7.28. The number of aromatic nitrogens is 1. The minimum absolute atomic E-state index is 0.0174. The van der Waals surface area contributed by atoms with Gasteiger partial charge in [0.2, 0.25) is 0 Å². The summed E-state index contributed by atoms with van der Waals surface area (Å²) in [7, 11) is 1.55. The van der Waals surface area contributed by atoms with Crippen molar-refractivity contribution in [3.8, 4) is 0 Å². The maximum Gasteiger partial charge on any atom is 0.254 e. The SMILES string of the molecule is COC(C)(C)C(=O)N1CCC[C@H](c2ncc(Cc3cccc(F)c3)o2)C1. The Hall–Kier alpha value is -2.21. The van der Waals surface area contributed by atoms with Crippen LogP contribution >= 0.6 is 0 Å². The van der Waals surface area contributed by atoms with Crippen LogP contribution in [0.1, 0.15) is 49.8 Å². The summed E-state index contributed by atoms with van der Waals surface area (Å²) in [6.07, 6.45) is 4.02. The lowest BCUT2D eigenvalue weighted by Gasteiger charge is -2.36. The highest BCUT2D eigenvalue weighted by Crippen LogP contribution is 2.29. The number of hydrogen-bond acceptors (Lipinski definition) is 4. The molecule has 5 nitrogen and oxygen atoms in total. The summed E-state index contributed by atoms with van der Waals surface area (Å²) in [5, 5.41) is 0. The highest BCUT2D eigenvalue weighted by molar-refractivity contribution is 5.84. The Morgan fingerprint density at radius 1 is 1.46 bits per heavy atom. The Balaban J connectivity index is 1.68. The van der Waals surface area contributed by atoms with E-state index >= 15 is 0 Å². The molecule has 1 aliphatic heterocycles. The van der Waals surface area contributed by atoms with Crippen molar-refractivity contribution in [2.45, 2.75) is 44.6 Å². The number of piperidine rings is 1. The largest absolute Gasteiger partial charge is 0.445 e. The molecule has 0 spiro atoms. The molecule has 1 aromatic heterocycles. The van der Waals surface area contributed by atoms with Gasteiger partial charge in [-0.05, 0) is 44.4 Å². The molecule has 2 aromatic rings. The molecule has 0 saturated carbocycles. The first-order valence-corrected chi connectivity index (χ1v) is 8.92. The number of nitrogens with zero attached hydrogens (tertiary/aromatic N) is 2. The first-order chi connectivity index (χ1) is 12.4. The van der Waals surface area contributed by atoms with Gasteiger partial charge in [0.15, 0.2) is 5.89 Å². The Morgan fingerprint density at radius 3 is 3.00 bits per heavy atom. The van der Waals surface area contributed by atoms with Crippen molar-refractivity contribution in [1.29, 1.82) is 0 Å². The van der Waals surface area contributed by atoms with Crippen LogP contribution in [0.4, 0.5) is 4.39 Å². The molecule has 0 N–H and O–H groups in total. The lowest BCUT2D eigenvalue weighted by molar-refractivity contribution is -0.152. The van der Waals surface area contributed by atoms with Crippen LogP contribution in [0.2, 0.25) is 0 Å². The van der Waals surface area contributed by atoms with E-state index in [9.17, 15) is 9.18 Å². The predicted molar refractivity (Wildman–Crippen MR) is 95.4 cm³/mol. The first-order valence-electron chi connectivity index (χ1n) is 8.92. The average molecular weight is 360 g/mol. The van der Waals surface area contributed by atoms with Crippen LogP contribution in [0, 0.1) is 5.82 Å². The molecule has 1 atom stereocenters. The maximum atomic E-state index is 13.3. The third-order valence-corrected chi connectivity index (χ3v) is 4.92. The number of carbonyl (C=O) groups is 1. The zero-order chi connectivity index (χ0) is 18.7. The van der Waals surface area contributed by atoms with Crippen molar-refractivity contribution in [2.75, 3.05) is 20.2 Å². The molecule has 1 amide bonds. The Kier molecular flexibility index (Phi) is 5.41. The van der Waals surface area contributed by atoms with Gasteiger partial charge in [-0.1, -0.05) is 12.1 Å². The van der Waals surface area contributed by atoms with E-state index < -0.39 is 5.60 Å². The van der Waals surface area contributed by atoms with E-state index in [2.05, 4.69) is 4.98 Å². The van der Waals surface area contributed by atoms with Crippen LogP contribution in [-0.2, 0) is 16.0 Å². The smallest absolute Gasteiger partial charge is 0.254 e. The molecule has 1 fully saturated rings. The fraction of sp³-hybridized carbons (Fsp3) is 0.500. The molecule has 1 aromatic carbocycles. The predicted octanol–water partition coefficient (Wildman–Crippen LogP) is 3.54. The second kappa shape index (κ2) is 7.58. The van der Waals surface area contributed by atoms with Gasteiger partial charge in [-0.3, -0.25) is 4.79 Å². The first kappa shape index (κ1) is 18.6. The van der Waals surface area contributed by atoms with E-state index in [4.69, 9.17) is 9.15 Å². The summed E-state index contributed by atoms with van der Waals surface area (Å²) >= 11 is 0. The standard InChI is InChI=1S/C20H25FN2O3/c1-20(2,25-3)19(24)23-9-5-7-15(13-23)18-22-12-17(26-18)11-14-6-4-8-16(21)10-14/h4,6,8,10,12,15H,5,7,9,11,13H2,1-3H3/t15-/m0/s1. The summed E-state index contributed by atoms with van der Waals surface area (Å²) in [4.78, 5) is 18.9. The zero-order valence-electron chi connectivity index (χ0n) is 15.5. The number of rotatable bonds is 5. The number of ether oxygens (including phenoxy) is 1. The third-order valence-electron chi connectivity index (χ3n) is 4.92. The third kappa shape index (κ3) is 4.12. The molecule has 0 radical (unpaired) electrons. The van der Waals surface area contributed by atoms with E-state index in [1.54, 1.807) is 33.2 Å². The molecule has 3 rings (SSSR count). The van der Waals surface area contributed by atoms with Crippen molar-refractivity contribution in [2.24, 2.45) is 0 Å².